The summed E-state index contributed by atoms with van der Waals surface area (Å²) >= 11 is 0. The van der Waals surface area contributed by atoms with Crippen molar-refractivity contribution in [2.45, 2.75) is 13.1 Å². The first-order valence-electron chi connectivity index (χ1n) is 17.8. The van der Waals surface area contributed by atoms with Gasteiger partial charge >= 0.3 is 41.3 Å². The zero-order valence-electron chi connectivity index (χ0n) is 31.1. The molecule has 0 saturated carbocycles. The van der Waals surface area contributed by atoms with Crippen LogP contribution in [0.25, 0.3) is 0 Å². The first-order valence-corrected chi connectivity index (χ1v) is 19.0. The van der Waals surface area contributed by atoms with Gasteiger partial charge in [0.25, 0.3) is 0 Å². The van der Waals surface area contributed by atoms with Crippen LogP contribution in [0.2, 0.25) is 0 Å². The van der Waals surface area contributed by atoms with Gasteiger partial charge in [-0.2, -0.15) is 0 Å². The maximum Gasteiger partial charge on any atom is 3.00 e. The molecule has 296 valence electrons. The van der Waals surface area contributed by atoms with Gasteiger partial charge in [-0.05, 0) is 34.4 Å². The quantitative estimate of drug-likeness (QED) is 0.214. The molecule has 0 bridgehead atoms. The van der Waals surface area contributed by atoms with Crippen LogP contribution in [0.5, 0.6) is 11.5 Å². The Hall–Kier alpha value is -2.93. The molecule has 5 rings (SSSR count). The number of halogens is 1. The SMILES string of the molecule is [O-][Cl+3]([O-])([O-])[O-].[O-]c1ccccc1C=Nc1ccccc1CN1CCOCCOCCN(Cc2ccccc2N=Cc2ccccc2[O-])CCOCCOCC1.[Pr+3]. The summed E-state index contributed by atoms with van der Waals surface area (Å²) in [5.74, 6) is -0.0954. The summed E-state index contributed by atoms with van der Waals surface area (Å²) in [4.78, 5) is 13.9. The third-order valence-electron chi connectivity index (χ3n) is 8.25. The predicted octanol–water partition coefficient (Wildman–Crippen LogP) is -0.0368. The van der Waals surface area contributed by atoms with E-state index < -0.39 is 10.2 Å². The Labute approximate surface area is 363 Å². The number of hydrogen-bond donors (Lipinski definition) is 0. The Morgan fingerprint density at radius 2 is 0.786 bits per heavy atom. The fourth-order valence-corrected chi connectivity index (χ4v) is 5.43. The first kappa shape index (κ1) is 47.4. The second-order valence-electron chi connectivity index (χ2n) is 12.2. The molecule has 1 fully saturated rings. The molecule has 0 spiro atoms. The van der Waals surface area contributed by atoms with Crippen molar-refractivity contribution in [1.29, 1.82) is 0 Å². The number of para-hydroxylation sites is 4. The van der Waals surface area contributed by atoms with E-state index in [1.807, 2.05) is 48.5 Å². The van der Waals surface area contributed by atoms with E-state index in [1.165, 1.54) is 0 Å². The van der Waals surface area contributed by atoms with Crippen molar-refractivity contribution in [2.75, 3.05) is 79.0 Å². The molecular weight excluding hydrogens is 873 g/mol. The van der Waals surface area contributed by atoms with Crippen LogP contribution in [0.4, 0.5) is 11.4 Å². The summed E-state index contributed by atoms with van der Waals surface area (Å²) in [5, 5.41) is 24.3. The molecule has 1 aliphatic rings. The average Bonchev–Trinajstić information content (AvgIpc) is 3.16. The molecule has 4 aromatic rings. The van der Waals surface area contributed by atoms with E-state index in [-0.39, 0.29) is 52.8 Å². The zero-order valence-corrected chi connectivity index (χ0v) is 35.6. The van der Waals surface area contributed by atoms with Crippen LogP contribution in [-0.2, 0) is 32.0 Å². The smallest absolute Gasteiger partial charge is 0.872 e. The molecule has 1 heterocycles. The Bertz CT molecular complexity index is 1620. The number of aliphatic imine (C=N–C) groups is 2. The van der Waals surface area contributed by atoms with Gasteiger partial charge in [0.2, 0.25) is 0 Å². The normalized spacial score (nSPS) is 16.4. The van der Waals surface area contributed by atoms with E-state index in [2.05, 4.69) is 31.9 Å². The number of benzene rings is 4. The van der Waals surface area contributed by atoms with E-state index in [0.717, 1.165) is 48.7 Å². The molecule has 16 heteroatoms. The van der Waals surface area contributed by atoms with Gasteiger partial charge in [-0.15, -0.1) is 21.7 Å². The van der Waals surface area contributed by atoms with Crippen molar-refractivity contribution in [1.82, 2.24) is 9.80 Å². The molecule has 0 atom stereocenters. The molecule has 0 N–H and O–H groups in total. The minimum atomic E-state index is -4.94. The zero-order chi connectivity index (χ0) is 39.1. The van der Waals surface area contributed by atoms with Crippen LogP contribution in [0.15, 0.2) is 107 Å². The molecule has 56 heavy (non-hydrogen) atoms. The van der Waals surface area contributed by atoms with Crippen molar-refractivity contribution < 1.29 is 99.3 Å². The van der Waals surface area contributed by atoms with E-state index in [1.54, 1.807) is 48.8 Å². The second kappa shape index (κ2) is 26.9. The van der Waals surface area contributed by atoms with E-state index >= 15 is 0 Å². The van der Waals surface area contributed by atoms with Gasteiger partial charge in [-0.1, -0.05) is 84.9 Å². The molecule has 0 unspecified atom stereocenters. The maximum absolute atomic E-state index is 12.1. The monoisotopic (exact) mass is 918 g/mol. The molecule has 4 aromatic carbocycles. The summed E-state index contributed by atoms with van der Waals surface area (Å²) < 4.78 is 57.8. The van der Waals surface area contributed by atoms with Crippen LogP contribution in [0.1, 0.15) is 22.3 Å². The van der Waals surface area contributed by atoms with Crippen LogP contribution < -0.4 is 28.8 Å². The molecule has 1 saturated heterocycles. The molecule has 0 amide bonds. The topological polar surface area (TPSA) is 206 Å². The second-order valence-corrected chi connectivity index (χ2v) is 13.0. The summed E-state index contributed by atoms with van der Waals surface area (Å²) in [6.07, 6.45) is 3.27. The van der Waals surface area contributed by atoms with Gasteiger partial charge in [0.1, 0.15) is 0 Å². The third kappa shape index (κ3) is 19.5. The summed E-state index contributed by atoms with van der Waals surface area (Å²) in [6.45, 7) is 8.45. The average molecular weight is 919 g/mol. The minimum absolute atomic E-state index is 0. The Morgan fingerprint density at radius 1 is 0.482 bits per heavy atom. The van der Waals surface area contributed by atoms with Gasteiger partial charge in [-0.25, -0.2) is 18.6 Å². The minimum Gasteiger partial charge on any atom is -0.872 e. The fraction of sp³-hybridized carbons (Fsp3) is 0.350. The van der Waals surface area contributed by atoms with Crippen molar-refractivity contribution in [3.8, 4) is 11.5 Å². The molecule has 1 aliphatic heterocycles. The van der Waals surface area contributed by atoms with Gasteiger partial charge < -0.3 is 29.2 Å². The number of ether oxygens (including phenoxy) is 4. The van der Waals surface area contributed by atoms with Crippen LogP contribution >= 0.6 is 0 Å². The summed E-state index contributed by atoms with van der Waals surface area (Å²) in [5.41, 5.74) is 4.91. The third-order valence-corrected chi connectivity index (χ3v) is 8.25. The van der Waals surface area contributed by atoms with Gasteiger partial charge in [0, 0.05) is 51.7 Å². The summed E-state index contributed by atoms with van der Waals surface area (Å²) in [6, 6.07) is 29.8. The molecule has 0 radical (unpaired) electrons. The number of nitrogens with zero attached hydrogens (tertiary/aromatic N) is 4. The van der Waals surface area contributed by atoms with E-state index in [0.29, 0.717) is 77.1 Å². The van der Waals surface area contributed by atoms with Gasteiger partial charge in [-0.3, -0.25) is 19.8 Å². The Balaban J connectivity index is 0.00000132. The number of hydrogen-bond acceptors (Lipinski definition) is 14. The Kier molecular flexibility index (Phi) is 22.8. The van der Waals surface area contributed by atoms with Gasteiger partial charge in [0.05, 0.1) is 64.2 Å². The largest absolute Gasteiger partial charge is 3.00 e. The van der Waals surface area contributed by atoms with Crippen molar-refractivity contribution >= 4 is 23.8 Å². The van der Waals surface area contributed by atoms with E-state index in [4.69, 9.17) is 37.6 Å². The predicted molar refractivity (Wildman–Crippen MR) is 193 cm³/mol. The first-order chi connectivity index (χ1) is 26.7. The van der Waals surface area contributed by atoms with Crippen molar-refractivity contribution in [3.63, 3.8) is 0 Å². The van der Waals surface area contributed by atoms with Crippen LogP contribution in [0.3, 0.4) is 0 Å². The Morgan fingerprint density at radius 3 is 1.12 bits per heavy atom. The fourth-order valence-electron chi connectivity index (χ4n) is 5.43. The maximum atomic E-state index is 12.1. The van der Waals surface area contributed by atoms with E-state index in [9.17, 15) is 10.2 Å². The molecule has 0 aliphatic carbocycles. The van der Waals surface area contributed by atoms with Crippen LogP contribution in [0, 0.1) is 51.5 Å². The summed E-state index contributed by atoms with van der Waals surface area (Å²) in [7, 11) is -4.94. The van der Waals surface area contributed by atoms with Gasteiger partial charge in [0.15, 0.2) is 0 Å². The molecule has 0 aromatic heterocycles. The standard InChI is InChI=1S/C40H48N4O6.ClHO4.Pr/c45-39-15-7-3-9-33(39)29-41-37-13-5-1-11-35(37)31-43-17-21-47-25-27-49-23-19-44(20-24-50-28-26-48-22-18-43)32-36-12-2-6-14-38(36)42-30-34-10-4-8-16-40(34)46;2-1(3,4)5;/h1-16,29-30,45-46H,17-28,31-32H2;(H,2,3,4,5);/q;;+3/p-3. The molecule has 14 nitrogen and oxygen atoms in total. The van der Waals surface area contributed by atoms with Crippen LogP contribution in [-0.4, -0.2) is 101 Å². The molecular formula is C40H46ClN4O10Pr. The van der Waals surface area contributed by atoms with Crippen molar-refractivity contribution in [2.24, 2.45) is 9.98 Å². The number of rotatable bonds is 8. The van der Waals surface area contributed by atoms with Crippen molar-refractivity contribution in [3.05, 3.63) is 119 Å².